The van der Waals surface area contributed by atoms with Crippen LogP contribution in [0.25, 0.3) is 0 Å². The number of hydrogen-bond acceptors (Lipinski definition) is 0. The molecule has 12 heavy (non-hydrogen) atoms. The van der Waals surface area contributed by atoms with Crippen LogP contribution in [0.2, 0.25) is 0 Å². The Labute approximate surface area is 76.9 Å². The second kappa shape index (κ2) is 2.14. The van der Waals surface area contributed by atoms with E-state index in [1.165, 1.54) is 11.1 Å². The van der Waals surface area contributed by atoms with E-state index in [0.717, 1.165) is 11.5 Å². The summed E-state index contributed by atoms with van der Waals surface area (Å²) in [5.41, 5.74) is 2.98. The van der Waals surface area contributed by atoms with E-state index in [1.807, 2.05) is 0 Å². The van der Waals surface area contributed by atoms with Crippen LogP contribution >= 0.6 is 11.6 Å². The van der Waals surface area contributed by atoms with Crippen molar-refractivity contribution in [3.05, 3.63) is 46.5 Å². The van der Waals surface area contributed by atoms with Gasteiger partial charge in [0.1, 0.15) is 0 Å². The van der Waals surface area contributed by atoms with Crippen LogP contribution in [0.1, 0.15) is 17.0 Å². The second-order valence-electron chi connectivity index (χ2n) is 3.59. The van der Waals surface area contributed by atoms with Crippen molar-refractivity contribution in [2.45, 2.75) is 12.3 Å². The summed E-state index contributed by atoms with van der Waals surface area (Å²) in [6, 6.07) is 8.66. The summed E-state index contributed by atoms with van der Waals surface area (Å²) in [7, 11) is 0. The number of allylic oxidation sites excluding steroid dienone is 2. The van der Waals surface area contributed by atoms with E-state index in [1.54, 1.807) is 0 Å². The fraction of sp³-hybridized carbons (Fsp3) is 0.273. The minimum atomic E-state index is 0.615. The molecule has 2 aliphatic rings. The summed E-state index contributed by atoms with van der Waals surface area (Å²) in [5, 5.41) is 1.07. The molecule has 1 aromatic carbocycles. The molecule has 1 aromatic rings. The molecule has 0 fully saturated rings. The summed E-state index contributed by atoms with van der Waals surface area (Å²) < 4.78 is 0. The Bertz CT molecular complexity index is 365. The molecular formula is C11H9Cl. The van der Waals surface area contributed by atoms with Crippen LogP contribution < -0.4 is 0 Å². The number of halogens is 1. The molecule has 0 heterocycles. The van der Waals surface area contributed by atoms with Gasteiger partial charge in [-0.2, -0.15) is 0 Å². The molecule has 2 aliphatic carbocycles. The highest BCUT2D eigenvalue weighted by Crippen LogP contribution is 2.51. The van der Waals surface area contributed by atoms with Gasteiger partial charge in [0.25, 0.3) is 0 Å². The molecule has 0 saturated carbocycles. The Kier molecular flexibility index (Phi) is 1.20. The van der Waals surface area contributed by atoms with Crippen LogP contribution in [0, 0.1) is 5.92 Å². The van der Waals surface area contributed by atoms with E-state index in [-0.39, 0.29) is 0 Å². The van der Waals surface area contributed by atoms with E-state index >= 15 is 0 Å². The molecule has 0 amide bonds. The molecular weight excluding hydrogens is 168 g/mol. The third-order valence-electron chi connectivity index (χ3n) is 2.98. The molecule has 0 saturated heterocycles. The van der Waals surface area contributed by atoms with Crippen molar-refractivity contribution in [1.82, 2.24) is 0 Å². The first-order valence-electron chi connectivity index (χ1n) is 4.31. The van der Waals surface area contributed by atoms with Gasteiger partial charge in [0, 0.05) is 16.9 Å². The molecule has 0 bridgehead atoms. The lowest BCUT2D eigenvalue weighted by Gasteiger charge is -2.26. The zero-order valence-corrected chi connectivity index (χ0v) is 7.38. The van der Waals surface area contributed by atoms with Gasteiger partial charge in [-0.05, 0) is 17.5 Å². The highest BCUT2D eigenvalue weighted by molar-refractivity contribution is 6.31. The highest BCUT2D eigenvalue weighted by atomic mass is 35.5. The van der Waals surface area contributed by atoms with Gasteiger partial charge in [-0.1, -0.05) is 41.9 Å². The summed E-state index contributed by atoms with van der Waals surface area (Å²) in [5.74, 6) is 1.25. The first kappa shape index (κ1) is 6.73. The van der Waals surface area contributed by atoms with Crippen LogP contribution in [0.15, 0.2) is 35.4 Å². The summed E-state index contributed by atoms with van der Waals surface area (Å²) in [6.45, 7) is 0. The lowest BCUT2D eigenvalue weighted by Crippen LogP contribution is -2.15. The summed E-state index contributed by atoms with van der Waals surface area (Å²) >= 11 is 6.00. The zero-order chi connectivity index (χ0) is 8.13. The standard InChI is InChI=1S/C11H9Cl/c12-11-6-9-8-4-2-1-3-7(8)5-10(9)11/h1-4,6,9-10H,5H2. The fourth-order valence-corrected chi connectivity index (χ4v) is 2.63. The molecule has 0 nitrogen and oxygen atoms in total. The first-order valence-corrected chi connectivity index (χ1v) is 4.69. The Morgan fingerprint density at radius 1 is 1.25 bits per heavy atom. The SMILES string of the molecule is ClC1=CC2c3ccccc3CC12. The molecule has 0 spiro atoms. The van der Waals surface area contributed by atoms with Crippen molar-refractivity contribution in [2.24, 2.45) is 5.92 Å². The van der Waals surface area contributed by atoms with Crippen LogP contribution in [0.4, 0.5) is 0 Å². The fourth-order valence-electron chi connectivity index (χ4n) is 2.28. The average Bonchev–Trinajstić information content (AvgIpc) is 2.39. The molecule has 2 atom stereocenters. The second-order valence-corrected chi connectivity index (χ2v) is 4.02. The van der Waals surface area contributed by atoms with Crippen LogP contribution in [0.3, 0.4) is 0 Å². The summed E-state index contributed by atoms with van der Waals surface area (Å²) in [6.07, 6.45) is 3.33. The van der Waals surface area contributed by atoms with Crippen molar-refractivity contribution in [3.8, 4) is 0 Å². The first-order chi connectivity index (χ1) is 5.86. The molecule has 1 heteroatoms. The largest absolute Gasteiger partial charge is 0.0891 e. The molecule has 0 radical (unpaired) electrons. The van der Waals surface area contributed by atoms with E-state index in [0.29, 0.717) is 11.8 Å². The Balaban J connectivity index is 2.12. The maximum atomic E-state index is 6.00. The highest BCUT2D eigenvalue weighted by Gasteiger charge is 2.38. The maximum absolute atomic E-state index is 6.00. The lowest BCUT2D eigenvalue weighted by molar-refractivity contribution is 0.564. The monoisotopic (exact) mass is 176 g/mol. The van der Waals surface area contributed by atoms with Gasteiger partial charge < -0.3 is 0 Å². The zero-order valence-electron chi connectivity index (χ0n) is 6.63. The van der Waals surface area contributed by atoms with E-state index < -0.39 is 0 Å². The molecule has 0 aromatic heterocycles. The van der Waals surface area contributed by atoms with Gasteiger partial charge in [0.15, 0.2) is 0 Å². The quantitative estimate of drug-likeness (QED) is 0.570. The molecule has 3 rings (SSSR count). The molecule has 2 unspecified atom stereocenters. The van der Waals surface area contributed by atoms with Gasteiger partial charge in [-0.15, -0.1) is 0 Å². The molecule has 0 aliphatic heterocycles. The van der Waals surface area contributed by atoms with E-state index in [4.69, 9.17) is 11.6 Å². The van der Waals surface area contributed by atoms with Crippen LogP contribution in [0.5, 0.6) is 0 Å². The maximum Gasteiger partial charge on any atom is 0.0191 e. The van der Waals surface area contributed by atoms with Gasteiger partial charge in [-0.25, -0.2) is 0 Å². The summed E-state index contributed by atoms with van der Waals surface area (Å²) in [4.78, 5) is 0. The van der Waals surface area contributed by atoms with Crippen molar-refractivity contribution in [2.75, 3.05) is 0 Å². The Hall–Kier alpha value is -0.750. The van der Waals surface area contributed by atoms with Crippen molar-refractivity contribution in [3.63, 3.8) is 0 Å². The number of fused-ring (bicyclic) bond motifs is 3. The predicted octanol–water partition coefficient (Wildman–Crippen LogP) is 3.08. The van der Waals surface area contributed by atoms with Gasteiger partial charge in [-0.3, -0.25) is 0 Å². The van der Waals surface area contributed by atoms with Crippen LogP contribution in [-0.4, -0.2) is 0 Å². The van der Waals surface area contributed by atoms with Crippen molar-refractivity contribution >= 4 is 11.6 Å². The van der Waals surface area contributed by atoms with Gasteiger partial charge in [0.2, 0.25) is 0 Å². The normalized spacial score (nSPS) is 30.2. The van der Waals surface area contributed by atoms with E-state index in [9.17, 15) is 0 Å². The third-order valence-corrected chi connectivity index (χ3v) is 3.39. The van der Waals surface area contributed by atoms with Crippen molar-refractivity contribution in [1.29, 1.82) is 0 Å². The Morgan fingerprint density at radius 3 is 2.92 bits per heavy atom. The smallest absolute Gasteiger partial charge is 0.0191 e. The van der Waals surface area contributed by atoms with Gasteiger partial charge >= 0.3 is 0 Å². The molecule has 60 valence electrons. The number of rotatable bonds is 0. The minimum Gasteiger partial charge on any atom is -0.0891 e. The number of benzene rings is 1. The lowest BCUT2D eigenvalue weighted by atomic mass is 9.82. The minimum absolute atomic E-state index is 0.615. The predicted molar refractivity (Wildman–Crippen MR) is 50.3 cm³/mol. The van der Waals surface area contributed by atoms with Crippen molar-refractivity contribution < 1.29 is 0 Å². The topological polar surface area (TPSA) is 0 Å². The third kappa shape index (κ3) is 0.688. The average molecular weight is 177 g/mol. The number of hydrogen-bond donors (Lipinski definition) is 0. The van der Waals surface area contributed by atoms with E-state index in [2.05, 4.69) is 30.3 Å². The Morgan fingerprint density at radius 2 is 2.08 bits per heavy atom. The van der Waals surface area contributed by atoms with Crippen LogP contribution in [-0.2, 0) is 6.42 Å². The van der Waals surface area contributed by atoms with Gasteiger partial charge in [0.05, 0.1) is 0 Å². The molecule has 0 N–H and O–H groups in total.